The molecule has 1 aliphatic heterocycles. The second-order valence-electron chi connectivity index (χ2n) is 9.28. The number of amides is 1. The number of aliphatic hydroxyl groups is 1. The fourth-order valence-corrected chi connectivity index (χ4v) is 4.48. The number of rotatable bonds is 6. The van der Waals surface area contributed by atoms with E-state index in [1.807, 2.05) is 6.20 Å². The number of fused-ring (bicyclic) bond motifs is 1. The molecule has 1 amide bonds. The van der Waals surface area contributed by atoms with Crippen molar-refractivity contribution in [3.8, 4) is 17.2 Å². The van der Waals surface area contributed by atoms with E-state index in [9.17, 15) is 9.90 Å². The minimum Gasteiger partial charge on any atom is -0.394 e. The van der Waals surface area contributed by atoms with Crippen LogP contribution in [0.5, 0.6) is 0 Å². The number of carbonyl (C=O) groups excluding carboxylic acids is 1. The summed E-state index contributed by atoms with van der Waals surface area (Å²) in [5.74, 6) is -2.93. The van der Waals surface area contributed by atoms with Crippen molar-refractivity contribution in [3.05, 3.63) is 72.1 Å². The molecule has 1 fully saturated rings. The van der Waals surface area contributed by atoms with Gasteiger partial charge in [-0.3, -0.25) is 9.69 Å². The van der Waals surface area contributed by atoms with Crippen molar-refractivity contribution in [1.82, 2.24) is 29.3 Å². The Morgan fingerprint density at radius 3 is 2.81 bits per heavy atom. The molecule has 1 atom stereocenters. The topological polar surface area (TPSA) is 102 Å². The van der Waals surface area contributed by atoms with Crippen LogP contribution in [0.15, 0.2) is 55.2 Å². The molecule has 2 aliphatic rings. The molecule has 36 heavy (non-hydrogen) atoms. The molecule has 1 aliphatic carbocycles. The highest BCUT2D eigenvalue weighted by molar-refractivity contribution is 6.08. The molecular weight excluding hydrogens is 468 g/mol. The number of benzene rings is 1. The van der Waals surface area contributed by atoms with E-state index in [2.05, 4.69) is 20.2 Å². The summed E-state index contributed by atoms with van der Waals surface area (Å²) in [6.07, 6.45) is 7.20. The molecule has 1 N–H and O–H groups in total. The Bertz CT molecular complexity index is 1460. The van der Waals surface area contributed by atoms with Crippen molar-refractivity contribution in [3.63, 3.8) is 0 Å². The third-order valence-electron chi connectivity index (χ3n) is 6.68. The van der Waals surface area contributed by atoms with Crippen LogP contribution in [0.2, 0.25) is 0 Å². The van der Waals surface area contributed by atoms with Crippen LogP contribution in [0.25, 0.3) is 17.2 Å². The summed E-state index contributed by atoms with van der Waals surface area (Å²) in [7, 11) is 0. The van der Waals surface area contributed by atoms with Gasteiger partial charge in [0.1, 0.15) is 17.8 Å². The standard InChI is InChI=1S/C25H23F2N7O2/c1-15(11-35)34-14-29-31-23(34)20-3-2-4-22(30-20)33-12-25(26,27)19-8-7-17(9-18(19)24(33)36)32-10-21(28-13-32)16-5-6-16/h2-4,7-10,13-16,35H,5-6,11-12H2,1H3/t15-/m1/s1. The summed E-state index contributed by atoms with van der Waals surface area (Å²) in [5.41, 5.74) is 1.53. The first-order chi connectivity index (χ1) is 17.4. The van der Waals surface area contributed by atoms with Gasteiger partial charge < -0.3 is 14.2 Å². The van der Waals surface area contributed by atoms with Gasteiger partial charge >= 0.3 is 0 Å². The average Bonchev–Trinajstić information content (AvgIpc) is 3.40. The van der Waals surface area contributed by atoms with Gasteiger partial charge in [0.25, 0.3) is 11.8 Å². The van der Waals surface area contributed by atoms with Crippen molar-refractivity contribution in [2.75, 3.05) is 18.1 Å². The highest BCUT2D eigenvalue weighted by atomic mass is 19.3. The number of pyridine rings is 1. The molecule has 0 unspecified atom stereocenters. The van der Waals surface area contributed by atoms with Gasteiger partial charge in [0, 0.05) is 23.4 Å². The normalized spacial score (nSPS) is 17.8. The van der Waals surface area contributed by atoms with Crippen LogP contribution in [0.4, 0.5) is 14.6 Å². The Balaban J connectivity index is 1.37. The molecule has 4 aromatic rings. The van der Waals surface area contributed by atoms with Gasteiger partial charge in [-0.25, -0.2) is 9.97 Å². The molecule has 184 valence electrons. The van der Waals surface area contributed by atoms with Gasteiger partial charge in [0.2, 0.25) is 0 Å². The number of halogens is 2. The van der Waals surface area contributed by atoms with E-state index in [1.54, 1.807) is 40.6 Å². The van der Waals surface area contributed by atoms with Gasteiger partial charge in [-0.05, 0) is 44.0 Å². The van der Waals surface area contributed by atoms with Crippen LogP contribution >= 0.6 is 0 Å². The number of alkyl halides is 2. The third kappa shape index (κ3) is 3.76. The summed E-state index contributed by atoms with van der Waals surface area (Å²) in [5, 5.41) is 17.5. The maximum absolute atomic E-state index is 15.3. The maximum Gasteiger partial charge on any atom is 0.291 e. The van der Waals surface area contributed by atoms with E-state index < -0.39 is 18.4 Å². The lowest BCUT2D eigenvalue weighted by atomic mass is 9.95. The average molecular weight is 492 g/mol. The maximum atomic E-state index is 15.3. The molecule has 1 saturated carbocycles. The first-order valence-corrected chi connectivity index (χ1v) is 11.7. The highest BCUT2D eigenvalue weighted by Crippen LogP contribution is 2.41. The third-order valence-corrected chi connectivity index (χ3v) is 6.68. The molecule has 11 heteroatoms. The minimum absolute atomic E-state index is 0.0744. The number of nitrogens with zero attached hydrogens (tertiary/aromatic N) is 7. The Hall–Kier alpha value is -3.99. The second-order valence-corrected chi connectivity index (χ2v) is 9.28. The number of carbonyl (C=O) groups is 1. The van der Waals surface area contributed by atoms with E-state index in [-0.39, 0.29) is 29.6 Å². The molecule has 6 rings (SSSR count). The Kier molecular flexibility index (Phi) is 5.18. The number of hydrogen-bond acceptors (Lipinski definition) is 6. The second kappa shape index (κ2) is 8.30. The SMILES string of the molecule is C[C@H](CO)n1cnnc1-c1cccc(N2CC(F)(F)c3ccc(-n4cnc(C5CC5)c4)cc3C2=O)n1. The molecule has 4 heterocycles. The van der Waals surface area contributed by atoms with Crippen LogP contribution in [0.1, 0.15) is 53.3 Å². The van der Waals surface area contributed by atoms with Gasteiger partial charge in [-0.15, -0.1) is 10.2 Å². The quantitative estimate of drug-likeness (QED) is 0.441. The fraction of sp³-hybridized carbons (Fsp3) is 0.320. The number of imidazole rings is 1. The fourth-order valence-electron chi connectivity index (χ4n) is 4.48. The van der Waals surface area contributed by atoms with E-state index in [0.29, 0.717) is 23.1 Å². The first kappa shape index (κ1) is 22.5. The predicted octanol–water partition coefficient (Wildman–Crippen LogP) is 3.71. The highest BCUT2D eigenvalue weighted by Gasteiger charge is 2.45. The number of hydrogen-bond donors (Lipinski definition) is 1. The zero-order valence-electron chi connectivity index (χ0n) is 19.4. The molecular formula is C25H23F2N7O2. The van der Waals surface area contributed by atoms with Crippen LogP contribution < -0.4 is 4.90 Å². The smallest absolute Gasteiger partial charge is 0.291 e. The van der Waals surface area contributed by atoms with Crippen LogP contribution in [0.3, 0.4) is 0 Å². The summed E-state index contributed by atoms with van der Waals surface area (Å²) >= 11 is 0. The van der Waals surface area contributed by atoms with Crippen LogP contribution in [-0.2, 0) is 5.92 Å². The summed E-state index contributed by atoms with van der Waals surface area (Å²) in [6, 6.07) is 8.88. The Morgan fingerprint density at radius 2 is 2.03 bits per heavy atom. The minimum atomic E-state index is -3.26. The molecule has 1 aromatic carbocycles. The predicted molar refractivity (Wildman–Crippen MR) is 126 cm³/mol. The monoisotopic (exact) mass is 491 g/mol. The van der Waals surface area contributed by atoms with E-state index >= 15 is 8.78 Å². The lowest BCUT2D eigenvalue weighted by molar-refractivity contribution is -0.00131. The van der Waals surface area contributed by atoms with Crippen LogP contribution in [-0.4, -0.2) is 53.5 Å². The van der Waals surface area contributed by atoms with Crippen LogP contribution in [0, 0.1) is 0 Å². The molecule has 0 saturated heterocycles. The van der Waals surface area contributed by atoms with E-state index in [4.69, 9.17) is 0 Å². The molecule has 9 nitrogen and oxygen atoms in total. The number of aromatic nitrogens is 6. The molecule has 0 radical (unpaired) electrons. The van der Waals surface area contributed by atoms with Gasteiger partial charge in [0.05, 0.1) is 36.8 Å². The Morgan fingerprint density at radius 1 is 1.19 bits per heavy atom. The molecule has 0 spiro atoms. The van der Waals surface area contributed by atoms with Gasteiger partial charge in [-0.2, -0.15) is 8.78 Å². The largest absolute Gasteiger partial charge is 0.394 e. The molecule has 0 bridgehead atoms. The van der Waals surface area contributed by atoms with E-state index in [0.717, 1.165) is 23.4 Å². The zero-order valence-corrected chi connectivity index (χ0v) is 19.4. The van der Waals surface area contributed by atoms with Crippen molar-refractivity contribution in [2.24, 2.45) is 0 Å². The summed E-state index contributed by atoms with van der Waals surface area (Å²) in [4.78, 5) is 23.4. The van der Waals surface area contributed by atoms with Crippen molar-refractivity contribution in [1.29, 1.82) is 0 Å². The summed E-state index contributed by atoms with van der Waals surface area (Å²) in [6.45, 7) is 0.818. The Labute approximate surface area is 205 Å². The van der Waals surface area contributed by atoms with Gasteiger partial charge in [-0.1, -0.05) is 12.1 Å². The molecule has 3 aromatic heterocycles. The van der Waals surface area contributed by atoms with Crippen molar-refractivity contribution >= 4 is 11.7 Å². The lowest BCUT2D eigenvalue weighted by Crippen LogP contribution is -2.46. The number of aliphatic hydroxyl groups excluding tert-OH is 1. The summed E-state index contributed by atoms with van der Waals surface area (Å²) < 4.78 is 33.9. The number of anilines is 1. The zero-order chi connectivity index (χ0) is 25.0. The van der Waals surface area contributed by atoms with Crippen molar-refractivity contribution < 1.29 is 18.7 Å². The van der Waals surface area contributed by atoms with Crippen molar-refractivity contribution in [2.45, 2.75) is 37.6 Å². The lowest BCUT2D eigenvalue weighted by Gasteiger charge is -2.33. The first-order valence-electron chi connectivity index (χ1n) is 11.7. The van der Waals surface area contributed by atoms with Gasteiger partial charge in [0.15, 0.2) is 5.82 Å². The van der Waals surface area contributed by atoms with E-state index in [1.165, 1.54) is 24.5 Å².